The summed E-state index contributed by atoms with van der Waals surface area (Å²) in [7, 11) is 0. The van der Waals surface area contributed by atoms with E-state index >= 15 is 0 Å². The molecule has 132 valence electrons. The van der Waals surface area contributed by atoms with E-state index in [4.69, 9.17) is 9.47 Å². The molecule has 2 atom stereocenters. The van der Waals surface area contributed by atoms with Gasteiger partial charge in [-0.05, 0) is 44.9 Å². The third kappa shape index (κ3) is 4.69. The fraction of sp³-hybridized carbons (Fsp3) is 0.529. The van der Waals surface area contributed by atoms with Gasteiger partial charge in [0.05, 0.1) is 11.7 Å². The predicted molar refractivity (Wildman–Crippen MR) is 85.4 cm³/mol. The summed E-state index contributed by atoms with van der Waals surface area (Å²) in [5, 5.41) is 22.8. The van der Waals surface area contributed by atoms with E-state index in [2.05, 4.69) is 5.32 Å². The van der Waals surface area contributed by atoms with E-state index in [9.17, 15) is 19.8 Å². The molecular formula is C17H23NO6. The van der Waals surface area contributed by atoms with Crippen molar-refractivity contribution in [2.24, 2.45) is 0 Å². The average molecular weight is 337 g/mol. The van der Waals surface area contributed by atoms with Gasteiger partial charge in [0.15, 0.2) is 0 Å². The summed E-state index contributed by atoms with van der Waals surface area (Å²) in [4.78, 5) is 22.9. The molecule has 0 saturated carbocycles. The third-order valence-corrected chi connectivity index (χ3v) is 3.52. The number of carbonyl (C=O) groups excluding carboxylic acids is 2. The lowest BCUT2D eigenvalue weighted by molar-refractivity contribution is 0.0122. The highest BCUT2D eigenvalue weighted by atomic mass is 16.6. The topological polar surface area (TPSA) is 105 Å². The molecule has 1 aliphatic heterocycles. The number of benzene rings is 1. The van der Waals surface area contributed by atoms with Gasteiger partial charge < -0.3 is 25.0 Å². The van der Waals surface area contributed by atoms with Gasteiger partial charge in [-0.3, -0.25) is 0 Å². The molecule has 1 amide bonds. The lowest BCUT2D eigenvalue weighted by atomic mass is 9.98. The van der Waals surface area contributed by atoms with Crippen LogP contribution in [0.4, 0.5) is 4.79 Å². The van der Waals surface area contributed by atoms with Crippen molar-refractivity contribution in [3.8, 4) is 0 Å². The van der Waals surface area contributed by atoms with Crippen molar-refractivity contribution in [1.29, 1.82) is 0 Å². The van der Waals surface area contributed by atoms with Gasteiger partial charge >= 0.3 is 12.1 Å². The summed E-state index contributed by atoms with van der Waals surface area (Å²) in [6, 6.07) is 4.81. The van der Waals surface area contributed by atoms with E-state index in [1.807, 2.05) is 0 Å². The minimum atomic E-state index is -1.12. The number of ether oxygens (including phenoxy) is 2. The molecule has 0 bridgehead atoms. The Labute approximate surface area is 140 Å². The second-order valence-electron chi connectivity index (χ2n) is 6.72. The fourth-order valence-electron chi connectivity index (χ4n) is 2.35. The van der Waals surface area contributed by atoms with Crippen LogP contribution in [0.25, 0.3) is 0 Å². The Morgan fingerprint density at radius 3 is 2.75 bits per heavy atom. The van der Waals surface area contributed by atoms with E-state index in [1.54, 1.807) is 39.0 Å². The summed E-state index contributed by atoms with van der Waals surface area (Å²) in [5.41, 5.74) is 1.08. The van der Waals surface area contributed by atoms with Gasteiger partial charge in [0.25, 0.3) is 0 Å². The number of hydrogen-bond donors (Lipinski definition) is 3. The highest BCUT2D eigenvalue weighted by molar-refractivity contribution is 5.93. The largest absolute Gasteiger partial charge is 0.457 e. The molecule has 0 spiro atoms. The first-order valence-corrected chi connectivity index (χ1v) is 7.80. The number of alkyl carbamates (subject to hydrolysis) is 1. The number of amides is 1. The maximum Gasteiger partial charge on any atom is 0.407 e. The van der Waals surface area contributed by atoms with Gasteiger partial charge in [-0.25, -0.2) is 9.59 Å². The number of fused-ring (bicyclic) bond motifs is 1. The maximum atomic E-state index is 11.5. The summed E-state index contributed by atoms with van der Waals surface area (Å²) < 4.78 is 9.99. The minimum absolute atomic E-state index is 0.160. The second kappa shape index (κ2) is 7.19. The number of aliphatic hydroxyl groups excluding tert-OH is 2. The van der Waals surface area contributed by atoms with Crippen LogP contribution >= 0.6 is 0 Å². The number of hydrogen-bond acceptors (Lipinski definition) is 6. The van der Waals surface area contributed by atoms with Gasteiger partial charge in [0.1, 0.15) is 18.3 Å². The Bertz CT molecular complexity index is 622. The Kier molecular flexibility index (Phi) is 5.46. The quantitative estimate of drug-likeness (QED) is 0.706. The van der Waals surface area contributed by atoms with E-state index < -0.39 is 23.9 Å². The number of nitrogens with one attached hydrogen (secondary N) is 1. The van der Waals surface area contributed by atoms with Crippen LogP contribution in [0, 0.1) is 0 Å². The molecule has 7 heteroatoms. The number of cyclic esters (lactones) is 1. The first-order chi connectivity index (χ1) is 11.2. The summed E-state index contributed by atoms with van der Waals surface area (Å²) in [5.74, 6) is -0.381. The molecule has 2 unspecified atom stereocenters. The summed E-state index contributed by atoms with van der Waals surface area (Å²) >= 11 is 0. The molecule has 0 aliphatic carbocycles. The van der Waals surface area contributed by atoms with Crippen molar-refractivity contribution >= 4 is 12.1 Å². The van der Waals surface area contributed by atoms with Crippen molar-refractivity contribution < 1.29 is 29.3 Å². The fourth-order valence-corrected chi connectivity index (χ4v) is 2.35. The van der Waals surface area contributed by atoms with E-state index in [0.29, 0.717) is 16.7 Å². The van der Waals surface area contributed by atoms with Crippen LogP contribution in [0.3, 0.4) is 0 Å². The molecular weight excluding hydrogens is 314 g/mol. The average Bonchev–Trinajstić information content (AvgIpc) is 2.85. The zero-order valence-corrected chi connectivity index (χ0v) is 14.0. The molecule has 3 N–H and O–H groups in total. The Morgan fingerprint density at radius 1 is 1.38 bits per heavy atom. The van der Waals surface area contributed by atoms with Gasteiger partial charge in [-0.2, -0.15) is 0 Å². The van der Waals surface area contributed by atoms with E-state index in [0.717, 1.165) is 0 Å². The molecule has 7 nitrogen and oxygen atoms in total. The van der Waals surface area contributed by atoms with Crippen LogP contribution < -0.4 is 5.32 Å². The number of esters is 1. The molecule has 1 heterocycles. The van der Waals surface area contributed by atoms with Gasteiger partial charge in [-0.1, -0.05) is 6.07 Å². The van der Waals surface area contributed by atoms with Crippen LogP contribution in [0.15, 0.2) is 18.2 Å². The lowest BCUT2D eigenvalue weighted by Crippen LogP contribution is -2.34. The van der Waals surface area contributed by atoms with Crippen LogP contribution in [0.2, 0.25) is 0 Å². The summed E-state index contributed by atoms with van der Waals surface area (Å²) in [6.45, 7) is 5.61. The van der Waals surface area contributed by atoms with Crippen LogP contribution in [-0.2, 0) is 16.1 Å². The normalized spacial score (nSPS) is 16.1. The van der Waals surface area contributed by atoms with E-state index in [1.165, 1.54) is 0 Å². The monoisotopic (exact) mass is 337 g/mol. The number of aliphatic hydroxyl groups is 2. The van der Waals surface area contributed by atoms with Crippen LogP contribution in [-0.4, -0.2) is 40.5 Å². The van der Waals surface area contributed by atoms with Crippen LogP contribution in [0.5, 0.6) is 0 Å². The Balaban J connectivity index is 1.85. The zero-order valence-electron chi connectivity index (χ0n) is 14.0. The Morgan fingerprint density at radius 2 is 2.08 bits per heavy atom. The molecule has 1 aliphatic rings. The first-order valence-electron chi connectivity index (χ1n) is 7.80. The highest BCUT2D eigenvalue weighted by Gasteiger charge is 2.25. The standard InChI is InChI=1S/C17H23NO6/c1-17(2,3)24-16(22)18-7-6-13(19)14(20)10-4-5-12-11(8-10)9-23-15(12)21/h4-5,8,13-14,19-20H,6-7,9H2,1-3H3,(H,18,22). The number of rotatable bonds is 5. The first kappa shape index (κ1) is 18.2. The Hall–Kier alpha value is -2.12. The third-order valence-electron chi connectivity index (χ3n) is 3.52. The second-order valence-corrected chi connectivity index (χ2v) is 6.72. The van der Waals surface area contributed by atoms with Gasteiger partial charge in [0, 0.05) is 12.1 Å². The van der Waals surface area contributed by atoms with Crippen molar-refractivity contribution in [2.75, 3.05) is 6.54 Å². The molecule has 0 aromatic heterocycles. The van der Waals surface area contributed by atoms with E-state index in [-0.39, 0.29) is 25.5 Å². The van der Waals surface area contributed by atoms with Crippen molar-refractivity contribution in [1.82, 2.24) is 5.32 Å². The lowest BCUT2D eigenvalue weighted by Gasteiger charge is -2.21. The molecule has 1 aromatic carbocycles. The number of carbonyl (C=O) groups is 2. The molecule has 0 radical (unpaired) electrons. The van der Waals surface area contributed by atoms with Gasteiger partial charge in [0.2, 0.25) is 0 Å². The SMILES string of the molecule is CC(C)(C)OC(=O)NCCC(O)C(O)c1ccc2c(c1)COC2=O. The molecule has 0 saturated heterocycles. The minimum Gasteiger partial charge on any atom is -0.457 e. The molecule has 1 aromatic rings. The van der Waals surface area contributed by atoms with Crippen molar-refractivity contribution in [3.05, 3.63) is 34.9 Å². The maximum absolute atomic E-state index is 11.5. The van der Waals surface area contributed by atoms with Crippen LogP contribution in [0.1, 0.15) is 54.8 Å². The summed E-state index contributed by atoms with van der Waals surface area (Å²) in [6.07, 6.45) is -2.59. The van der Waals surface area contributed by atoms with Crippen molar-refractivity contribution in [3.63, 3.8) is 0 Å². The molecule has 24 heavy (non-hydrogen) atoms. The molecule has 2 rings (SSSR count). The smallest absolute Gasteiger partial charge is 0.407 e. The highest BCUT2D eigenvalue weighted by Crippen LogP contribution is 2.26. The predicted octanol–water partition coefficient (Wildman–Crippen LogP) is 1.67. The zero-order chi connectivity index (χ0) is 17.9. The molecule has 0 fully saturated rings. The van der Waals surface area contributed by atoms with Crippen molar-refractivity contribution in [2.45, 2.75) is 51.6 Å². The van der Waals surface area contributed by atoms with Gasteiger partial charge in [-0.15, -0.1) is 0 Å².